The number of rotatable bonds is 33. The molecule has 0 heterocycles. The van der Waals surface area contributed by atoms with Gasteiger partial charge in [0.2, 0.25) is 0 Å². The van der Waals surface area contributed by atoms with Crippen LogP contribution >= 0.6 is 7.82 Å². The maximum atomic E-state index is 12.5. The van der Waals surface area contributed by atoms with Crippen LogP contribution in [-0.2, 0) is 32.7 Å². The number of esters is 2. The Labute approximate surface area is 276 Å². The van der Waals surface area contributed by atoms with E-state index in [1.165, 1.54) is 89.9 Å². The number of nitrogens with zero attached hydrogens (tertiary/aromatic N) is 1. The van der Waals surface area contributed by atoms with Crippen molar-refractivity contribution in [3.8, 4) is 0 Å². The largest absolute Gasteiger partial charge is 0.756 e. The fourth-order valence-corrected chi connectivity index (χ4v) is 5.68. The first-order chi connectivity index (χ1) is 21.5. The van der Waals surface area contributed by atoms with Crippen LogP contribution in [-0.4, -0.2) is 70.0 Å². The van der Waals surface area contributed by atoms with Gasteiger partial charge in [-0.15, -0.1) is 0 Å². The highest BCUT2D eigenvalue weighted by atomic mass is 31.2. The van der Waals surface area contributed by atoms with Crippen LogP contribution < -0.4 is 4.89 Å². The molecule has 10 heteroatoms. The Bertz CT molecular complexity index is 758. The maximum Gasteiger partial charge on any atom is 0.306 e. The number of ether oxygens (including phenoxy) is 2. The summed E-state index contributed by atoms with van der Waals surface area (Å²) in [6.45, 7) is 4.16. The van der Waals surface area contributed by atoms with Crippen molar-refractivity contribution in [2.45, 2.75) is 168 Å². The first kappa shape index (κ1) is 44.0. The molecule has 0 aromatic carbocycles. The summed E-state index contributed by atoms with van der Waals surface area (Å²) < 4.78 is 33.6. The molecular formula is C35H70NO8P. The summed E-state index contributed by atoms with van der Waals surface area (Å²) >= 11 is 0. The van der Waals surface area contributed by atoms with E-state index in [1.807, 2.05) is 21.1 Å². The summed E-state index contributed by atoms with van der Waals surface area (Å²) in [5, 5.41) is 0. The smallest absolute Gasteiger partial charge is 0.306 e. The minimum atomic E-state index is -4.60. The molecule has 0 radical (unpaired) electrons. The standard InChI is InChI=1S/C35H70NO8P/c1-6-8-10-12-14-15-16-17-18-19-20-21-22-24-26-28-35(38)44-33(31-41-34(37)27-25-23-13-11-9-7-2)32-43-45(39,40)42-30-29-36(3,4)5/h33H,6-32H2,1-5H3/t33-/m1/s1. The third-order valence-corrected chi connectivity index (χ3v) is 8.84. The average Bonchev–Trinajstić information content (AvgIpc) is 2.97. The van der Waals surface area contributed by atoms with Gasteiger partial charge in [0.1, 0.15) is 19.8 Å². The Hall–Kier alpha value is -0.990. The van der Waals surface area contributed by atoms with Crippen LogP contribution in [0.25, 0.3) is 0 Å². The molecule has 0 saturated carbocycles. The number of hydrogen-bond donors (Lipinski definition) is 0. The molecule has 0 aromatic rings. The topological polar surface area (TPSA) is 111 Å². The van der Waals surface area contributed by atoms with E-state index in [4.69, 9.17) is 18.5 Å². The molecule has 0 bridgehead atoms. The number of unbranched alkanes of at least 4 members (excludes halogenated alkanes) is 19. The van der Waals surface area contributed by atoms with Gasteiger partial charge in [-0.1, -0.05) is 136 Å². The summed E-state index contributed by atoms with van der Waals surface area (Å²) in [6.07, 6.45) is 24.4. The third-order valence-electron chi connectivity index (χ3n) is 7.88. The quantitative estimate of drug-likeness (QED) is 0.0297. The lowest BCUT2D eigenvalue weighted by molar-refractivity contribution is -0.870. The number of likely N-dealkylation sites (N-methyl/N-ethyl adjacent to an activating group) is 1. The molecule has 0 aliphatic rings. The Morgan fingerprint density at radius 3 is 1.42 bits per heavy atom. The molecular weight excluding hydrogens is 593 g/mol. The molecule has 0 fully saturated rings. The van der Waals surface area contributed by atoms with E-state index in [2.05, 4.69) is 13.8 Å². The fourth-order valence-electron chi connectivity index (χ4n) is 4.95. The molecule has 268 valence electrons. The zero-order valence-corrected chi connectivity index (χ0v) is 30.7. The number of phosphoric acid groups is 1. The van der Waals surface area contributed by atoms with Crippen molar-refractivity contribution in [1.29, 1.82) is 0 Å². The van der Waals surface area contributed by atoms with E-state index in [9.17, 15) is 19.0 Å². The van der Waals surface area contributed by atoms with E-state index < -0.39 is 32.5 Å². The van der Waals surface area contributed by atoms with Crippen molar-refractivity contribution >= 4 is 19.8 Å². The molecule has 0 aliphatic heterocycles. The van der Waals surface area contributed by atoms with E-state index >= 15 is 0 Å². The SMILES string of the molecule is CCCCCCCCCCCCCCCCCC(=O)O[C@H](COC(=O)CCCCCCCC)COP(=O)([O-])OCC[N+](C)(C)C. The van der Waals surface area contributed by atoms with E-state index in [1.54, 1.807) is 0 Å². The maximum absolute atomic E-state index is 12.5. The van der Waals surface area contributed by atoms with Gasteiger partial charge in [0.25, 0.3) is 7.82 Å². The second-order valence-electron chi connectivity index (χ2n) is 13.6. The Balaban J connectivity index is 4.34. The molecule has 0 N–H and O–H groups in total. The van der Waals surface area contributed by atoms with Crippen LogP contribution in [0.1, 0.15) is 162 Å². The number of carbonyl (C=O) groups excluding carboxylic acids is 2. The summed E-state index contributed by atoms with van der Waals surface area (Å²) in [5.41, 5.74) is 0. The summed E-state index contributed by atoms with van der Waals surface area (Å²) in [7, 11) is 1.17. The predicted molar refractivity (Wildman–Crippen MR) is 181 cm³/mol. The first-order valence-corrected chi connectivity index (χ1v) is 19.7. The van der Waals surface area contributed by atoms with Gasteiger partial charge < -0.3 is 27.9 Å². The third kappa shape index (κ3) is 32.7. The number of carbonyl (C=O) groups is 2. The molecule has 0 aliphatic carbocycles. The predicted octanol–water partition coefficient (Wildman–Crippen LogP) is 8.66. The number of phosphoric ester groups is 1. The van der Waals surface area contributed by atoms with Crippen LogP contribution in [0.4, 0.5) is 0 Å². The molecule has 0 amide bonds. The Morgan fingerprint density at radius 2 is 1.00 bits per heavy atom. The van der Waals surface area contributed by atoms with Gasteiger partial charge in [-0.3, -0.25) is 14.2 Å². The van der Waals surface area contributed by atoms with Gasteiger partial charge in [0.15, 0.2) is 6.10 Å². The molecule has 9 nitrogen and oxygen atoms in total. The zero-order valence-electron chi connectivity index (χ0n) is 29.8. The van der Waals surface area contributed by atoms with Gasteiger partial charge in [-0.25, -0.2) is 0 Å². The van der Waals surface area contributed by atoms with Crippen LogP contribution in [0.3, 0.4) is 0 Å². The average molecular weight is 664 g/mol. The molecule has 0 rings (SSSR count). The number of quaternary nitrogens is 1. The highest BCUT2D eigenvalue weighted by molar-refractivity contribution is 7.45. The van der Waals surface area contributed by atoms with Crippen molar-refractivity contribution < 1.29 is 42.1 Å². The molecule has 0 aromatic heterocycles. The zero-order chi connectivity index (χ0) is 33.7. The second kappa shape index (κ2) is 29.2. The summed E-state index contributed by atoms with van der Waals surface area (Å²) in [4.78, 5) is 37.0. The van der Waals surface area contributed by atoms with E-state index in [0.717, 1.165) is 38.5 Å². The molecule has 2 atom stereocenters. The minimum Gasteiger partial charge on any atom is -0.756 e. The number of hydrogen-bond acceptors (Lipinski definition) is 8. The van der Waals surface area contributed by atoms with Crippen LogP contribution in [0.5, 0.6) is 0 Å². The minimum absolute atomic E-state index is 0.0266. The highest BCUT2D eigenvalue weighted by Crippen LogP contribution is 2.38. The van der Waals surface area contributed by atoms with Gasteiger partial charge >= 0.3 is 11.9 Å². The van der Waals surface area contributed by atoms with Gasteiger partial charge in [-0.05, 0) is 12.8 Å². The normalized spacial score (nSPS) is 13.8. The first-order valence-electron chi connectivity index (χ1n) is 18.2. The molecule has 0 saturated heterocycles. The molecule has 45 heavy (non-hydrogen) atoms. The van der Waals surface area contributed by atoms with Gasteiger partial charge in [0.05, 0.1) is 27.7 Å². The highest BCUT2D eigenvalue weighted by Gasteiger charge is 2.21. The summed E-state index contributed by atoms with van der Waals surface area (Å²) in [6, 6.07) is 0. The van der Waals surface area contributed by atoms with Crippen molar-refractivity contribution in [3.63, 3.8) is 0 Å². The lowest BCUT2D eigenvalue weighted by Crippen LogP contribution is -2.37. The monoisotopic (exact) mass is 663 g/mol. The van der Waals surface area contributed by atoms with Gasteiger partial charge in [0, 0.05) is 12.8 Å². The lowest BCUT2D eigenvalue weighted by atomic mass is 10.0. The second-order valence-corrected chi connectivity index (χ2v) is 15.0. The molecule has 0 spiro atoms. The van der Waals surface area contributed by atoms with Gasteiger partial charge in [-0.2, -0.15) is 0 Å². The Morgan fingerprint density at radius 1 is 0.600 bits per heavy atom. The van der Waals surface area contributed by atoms with Crippen LogP contribution in [0.15, 0.2) is 0 Å². The fraction of sp³-hybridized carbons (Fsp3) is 0.943. The van der Waals surface area contributed by atoms with E-state index in [-0.39, 0.29) is 26.1 Å². The summed E-state index contributed by atoms with van der Waals surface area (Å²) in [5.74, 6) is -0.838. The van der Waals surface area contributed by atoms with Crippen molar-refractivity contribution in [1.82, 2.24) is 0 Å². The van der Waals surface area contributed by atoms with Crippen molar-refractivity contribution in [2.75, 3.05) is 47.5 Å². The van der Waals surface area contributed by atoms with E-state index in [0.29, 0.717) is 17.4 Å². The Kier molecular flexibility index (Phi) is 28.5. The van der Waals surface area contributed by atoms with Crippen LogP contribution in [0.2, 0.25) is 0 Å². The van der Waals surface area contributed by atoms with Crippen molar-refractivity contribution in [2.24, 2.45) is 0 Å². The van der Waals surface area contributed by atoms with Crippen LogP contribution in [0, 0.1) is 0 Å². The molecule has 1 unspecified atom stereocenters. The lowest BCUT2D eigenvalue weighted by Gasteiger charge is -2.28. The van der Waals surface area contributed by atoms with Crippen molar-refractivity contribution in [3.05, 3.63) is 0 Å².